The minimum Gasteiger partial charge on any atom is -0.382 e. The normalized spacial score (nSPS) is 16.0. The van der Waals surface area contributed by atoms with Gasteiger partial charge in [0.1, 0.15) is 11.6 Å². The zero-order valence-electron chi connectivity index (χ0n) is 9.51. The van der Waals surface area contributed by atoms with E-state index in [1.807, 2.05) is 6.07 Å². The number of nitro benzene ring substituents is 1. The number of rotatable bonds is 4. The van der Waals surface area contributed by atoms with E-state index in [4.69, 9.17) is 5.26 Å². The Balaban J connectivity index is 2.21. The molecule has 1 aliphatic rings. The van der Waals surface area contributed by atoms with Crippen molar-refractivity contribution >= 4 is 11.4 Å². The molecule has 0 spiro atoms. The molecule has 2 rings (SSSR count). The highest BCUT2D eigenvalue weighted by Gasteiger charge is 2.28. The second-order valence-electron chi connectivity index (χ2n) is 4.37. The quantitative estimate of drug-likeness (QED) is 0.638. The second-order valence-corrected chi connectivity index (χ2v) is 4.37. The Labute approximate surface area is 99.2 Å². The summed E-state index contributed by atoms with van der Waals surface area (Å²) in [5, 5.41) is 22.8. The molecule has 17 heavy (non-hydrogen) atoms. The summed E-state index contributed by atoms with van der Waals surface area (Å²) in [7, 11) is 0. The number of nitro groups is 1. The molecule has 0 heterocycles. The Hall–Kier alpha value is -2.09. The Kier molecular flexibility index (Phi) is 2.96. The third-order valence-corrected chi connectivity index (χ3v) is 3.04. The van der Waals surface area contributed by atoms with Gasteiger partial charge in [-0.15, -0.1) is 0 Å². The number of nitriles is 1. The van der Waals surface area contributed by atoms with Crippen molar-refractivity contribution in [3.8, 4) is 6.07 Å². The molecule has 0 aliphatic heterocycles. The first-order chi connectivity index (χ1) is 8.11. The van der Waals surface area contributed by atoms with Crippen molar-refractivity contribution < 1.29 is 4.92 Å². The summed E-state index contributed by atoms with van der Waals surface area (Å²) in [5.41, 5.74) is 0.662. The number of anilines is 1. The lowest BCUT2D eigenvalue weighted by molar-refractivity contribution is -0.385. The van der Waals surface area contributed by atoms with E-state index in [0.717, 1.165) is 0 Å². The second kappa shape index (κ2) is 4.42. The van der Waals surface area contributed by atoms with Gasteiger partial charge in [-0.1, -0.05) is 0 Å². The van der Waals surface area contributed by atoms with Gasteiger partial charge in [-0.05, 0) is 37.8 Å². The van der Waals surface area contributed by atoms with Crippen molar-refractivity contribution in [2.75, 3.05) is 5.32 Å². The van der Waals surface area contributed by atoms with Gasteiger partial charge in [0.25, 0.3) is 5.69 Å². The number of hydrogen-bond acceptors (Lipinski definition) is 4. The molecular formula is C12H13N3O2. The first kappa shape index (κ1) is 11.4. The van der Waals surface area contributed by atoms with Crippen LogP contribution in [0.5, 0.6) is 0 Å². The zero-order valence-corrected chi connectivity index (χ0v) is 9.51. The van der Waals surface area contributed by atoms with E-state index >= 15 is 0 Å². The van der Waals surface area contributed by atoms with E-state index in [0.29, 0.717) is 17.6 Å². The van der Waals surface area contributed by atoms with Crippen molar-refractivity contribution in [2.24, 2.45) is 5.92 Å². The largest absolute Gasteiger partial charge is 0.382 e. The number of benzene rings is 1. The van der Waals surface area contributed by atoms with E-state index < -0.39 is 4.92 Å². The third-order valence-electron chi connectivity index (χ3n) is 3.04. The first-order valence-corrected chi connectivity index (χ1v) is 5.57. The summed E-state index contributed by atoms with van der Waals surface area (Å²) >= 11 is 0. The van der Waals surface area contributed by atoms with Gasteiger partial charge in [-0.25, -0.2) is 0 Å². The molecule has 1 atom stereocenters. The fourth-order valence-corrected chi connectivity index (χ4v) is 1.84. The van der Waals surface area contributed by atoms with Crippen molar-refractivity contribution in [1.29, 1.82) is 5.26 Å². The van der Waals surface area contributed by atoms with Gasteiger partial charge in [0.05, 0.1) is 4.92 Å². The minimum atomic E-state index is -0.522. The highest BCUT2D eigenvalue weighted by atomic mass is 16.6. The Morgan fingerprint density at radius 3 is 2.82 bits per heavy atom. The van der Waals surface area contributed by atoms with Crippen molar-refractivity contribution in [3.63, 3.8) is 0 Å². The van der Waals surface area contributed by atoms with Gasteiger partial charge in [0.15, 0.2) is 0 Å². The molecule has 0 saturated heterocycles. The van der Waals surface area contributed by atoms with Crippen LogP contribution in [0.3, 0.4) is 0 Å². The van der Waals surface area contributed by atoms with E-state index in [1.54, 1.807) is 6.07 Å². The predicted molar refractivity (Wildman–Crippen MR) is 63.6 cm³/mol. The highest BCUT2D eigenvalue weighted by Crippen LogP contribution is 2.34. The lowest BCUT2D eigenvalue weighted by Gasteiger charge is -2.14. The van der Waals surface area contributed by atoms with E-state index in [-0.39, 0.29) is 11.3 Å². The van der Waals surface area contributed by atoms with Gasteiger partial charge in [-0.2, -0.15) is 5.26 Å². The van der Waals surface area contributed by atoms with Gasteiger partial charge >= 0.3 is 0 Å². The summed E-state index contributed by atoms with van der Waals surface area (Å²) < 4.78 is 0. The molecule has 5 nitrogen and oxygen atoms in total. The molecule has 0 radical (unpaired) electrons. The van der Waals surface area contributed by atoms with E-state index in [1.165, 1.54) is 25.0 Å². The minimum absolute atomic E-state index is 0.0969. The van der Waals surface area contributed by atoms with E-state index in [9.17, 15) is 10.1 Å². The van der Waals surface area contributed by atoms with Crippen molar-refractivity contribution in [1.82, 2.24) is 0 Å². The van der Waals surface area contributed by atoms with Crippen LogP contribution in [0.4, 0.5) is 11.4 Å². The summed E-state index contributed by atoms with van der Waals surface area (Å²) in [6, 6.07) is 6.77. The lowest BCUT2D eigenvalue weighted by atomic mass is 10.1. The van der Waals surface area contributed by atoms with Crippen LogP contribution in [0, 0.1) is 27.4 Å². The topological polar surface area (TPSA) is 79.0 Å². The molecule has 1 unspecified atom stereocenters. The van der Waals surface area contributed by atoms with Crippen LogP contribution in [0.1, 0.15) is 25.3 Å². The molecule has 1 aromatic rings. The molecule has 5 heteroatoms. The molecule has 1 saturated carbocycles. The maximum Gasteiger partial charge on any atom is 0.289 e. The maximum atomic E-state index is 10.8. The predicted octanol–water partition coefficient (Wildman–Crippen LogP) is 2.68. The SMILES string of the molecule is CC(Nc1ccc(C#N)c([N+](=O)[O-])c1)C1CC1. The average molecular weight is 231 g/mol. The number of hydrogen-bond donors (Lipinski definition) is 1. The summed E-state index contributed by atoms with van der Waals surface area (Å²) in [4.78, 5) is 10.3. The fraction of sp³-hybridized carbons (Fsp3) is 0.417. The first-order valence-electron chi connectivity index (χ1n) is 5.57. The number of nitrogens with one attached hydrogen (secondary N) is 1. The van der Waals surface area contributed by atoms with Gasteiger partial charge in [0, 0.05) is 17.8 Å². The van der Waals surface area contributed by atoms with Gasteiger partial charge in [0.2, 0.25) is 0 Å². The molecule has 1 aliphatic carbocycles. The zero-order chi connectivity index (χ0) is 12.4. The van der Waals surface area contributed by atoms with Crippen molar-refractivity contribution in [2.45, 2.75) is 25.8 Å². The molecule has 0 aromatic heterocycles. The van der Waals surface area contributed by atoms with Crippen LogP contribution < -0.4 is 5.32 Å². The van der Waals surface area contributed by atoms with Crippen LogP contribution in [-0.4, -0.2) is 11.0 Å². The Bertz CT molecular complexity index is 489. The smallest absolute Gasteiger partial charge is 0.289 e. The maximum absolute atomic E-state index is 10.8. The number of nitrogens with zero attached hydrogens (tertiary/aromatic N) is 2. The average Bonchev–Trinajstić information content (AvgIpc) is 3.12. The monoisotopic (exact) mass is 231 g/mol. The molecule has 88 valence electrons. The molecule has 0 bridgehead atoms. The summed E-state index contributed by atoms with van der Waals surface area (Å²) in [5.74, 6) is 0.671. The molecule has 1 fully saturated rings. The van der Waals surface area contributed by atoms with Crippen molar-refractivity contribution in [3.05, 3.63) is 33.9 Å². The molecule has 1 N–H and O–H groups in total. The molecular weight excluding hydrogens is 218 g/mol. The van der Waals surface area contributed by atoms with Gasteiger partial charge in [-0.3, -0.25) is 10.1 Å². The van der Waals surface area contributed by atoms with Crippen LogP contribution in [-0.2, 0) is 0 Å². The third kappa shape index (κ3) is 2.53. The van der Waals surface area contributed by atoms with Gasteiger partial charge < -0.3 is 5.32 Å². The molecule has 1 aromatic carbocycles. The lowest BCUT2D eigenvalue weighted by Crippen LogP contribution is -2.17. The summed E-state index contributed by atoms with van der Waals surface area (Å²) in [6.07, 6.45) is 2.43. The standard InChI is InChI=1S/C12H13N3O2/c1-8(9-2-3-9)14-11-5-4-10(7-13)12(6-11)15(16)17/h4-6,8-9,14H,2-3H2,1H3. The van der Waals surface area contributed by atoms with Crippen LogP contribution in [0.25, 0.3) is 0 Å². The fourth-order valence-electron chi connectivity index (χ4n) is 1.84. The Morgan fingerprint density at radius 2 is 2.29 bits per heavy atom. The van der Waals surface area contributed by atoms with Crippen LogP contribution >= 0.6 is 0 Å². The van der Waals surface area contributed by atoms with Crippen LogP contribution in [0.15, 0.2) is 18.2 Å². The van der Waals surface area contributed by atoms with Crippen LogP contribution in [0.2, 0.25) is 0 Å². The molecule has 0 amide bonds. The Morgan fingerprint density at radius 1 is 1.59 bits per heavy atom. The van der Waals surface area contributed by atoms with E-state index in [2.05, 4.69) is 12.2 Å². The highest BCUT2D eigenvalue weighted by molar-refractivity contribution is 5.59. The summed E-state index contributed by atoms with van der Waals surface area (Å²) in [6.45, 7) is 2.07.